The Balaban J connectivity index is 1.77. The van der Waals surface area contributed by atoms with Crippen molar-refractivity contribution in [1.29, 1.82) is 0 Å². The highest BCUT2D eigenvalue weighted by Crippen LogP contribution is 2.13. The molecule has 0 spiro atoms. The molecule has 7 heteroatoms. The minimum Gasteiger partial charge on any atom is -0.384 e. The molecule has 0 aliphatic heterocycles. The molecule has 1 heterocycles. The Hall–Kier alpha value is -2.44. The molecule has 1 aromatic heterocycles. The predicted octanol–water partition coefficient (Wildman–Crippen LogP) is 2.70. The second-order valence-corrected chi connectivity index (χ2v) is 4.18. The number of rotatable bonds is 5. The van der Waals surface area contributed by atoms with E-state index in [0.29, 0.717) is 17.3 Å². The van der Waals surface area contributed by atoms with E-state index in [4.69, 9.17) is 4.52 Å². The summed E-state index contributed by atoms with van der Waals surface area (Å²) in [5.74, 6) is -1.15. The SMILES string of the molecule is Cc1cc(NC(=O)CCNc2ccc(F)c(F)c2)no1. The van der Waals surface area contributed by atoms with Crippen LogP contribution in [0, 0.1) is 18.6 Å². The number of aryl methyl sites for hydroxylation is 1. The Morgan fingerprint density at radius 1 is 1.30 bits per heavy atom. The number of carbonyl (C=O) groups excluding carboxylic acids is 1. The third-order valence-electron chi connectivity index (χ3n) is 2.50. The molecule has 2 aromatic rings. The van der Waals surface area contributed by atoms with Crippen LogP contribution in [0.15, 0.2) is 28.8 Å². The Morgan fingerprint density at radius 3 is 2.75 bits per heavy atom. The number of benzene rings is 1. The van der Waals surface area contributed by atoms with Gasteiger partial charge in [0.1, 0.15) is 5.76 Å². The van der Waals surface area contributed by atoms with E-state index in [-0.39, 0.29) is 18.9 Å². The monoisotopic (exact) mass is 281 g/mol. The van der Waals surface area contributed by atoms with Gasteiger partial charge in [0.05, 0.1) is 0 Å². The minimum atomic E-state index is -0.933. The maximum Gasteiger partial charge on any atom is 0.227 e. The largest absolute Gasteiger partial charge is 0.384 e. The number of carbonyl (C=O) groups is 1. The predicted molar refractivity (Wildman–Crippen MR) is 69.3 cm³/mol. The fourth-order valence-electron chi connectivity index (χ4n) is 1.56. The van der Waals surface area contributed by atoms with Gasteiger partial charge in [0.2, 0.25) is 5.91 Å². The van der Waals surface area contributed by atoms with E-state index < -0.39 is 11.6 Å². The van der Waals surface area contributed by atoms with Crippen LogP contribution in [0.1, 0.15) is 12.2 Å². The molecular weight excluding hydrogens is 268 g/mol. The molecule has 2 rings (SSSR count). The Kier molecular flexibility index (Phi) is 4.29. The molecule has 106 valence electrons. The van der Waals surface area contributed by atoms with E-state index in [9.17, 15) is 13.6 Å². The van der Waals surface area contributed by atoms with Crippen LogP contribution < -0.4 is 10.6 Å². The number of amides is 1. The first-order valence-electron chi connectivity index (χ1n) is 5.96. The van der Waals surface area contributed by atoms with E-state index in [1.165, 1.54) is 6.07 Å². The van der Waals surface area contributed by atoms with Crippen LogP contribution in [0.2, 0.25) is 0 Å². The van der Waals surface area contributed by atoms with Crippen molar-refractivity contribution < 1.29 is 18.1 Å². The number of anilines is 2. The molecule has 20 heavy (non-hydrogen) atoms. The third kappa shape index (κ3) is 3.78. The van der Waals surface area contributed by atoms with Gasteiger partial charge in [0.15, 0.2) is 17.5 Å². The van der Waals surface area contributed by atoms with E-state index in [0.717, 1.165) is 12.1 Å². The maximum atomic E-state index is 12.9. The molecule has 0 saturated heterocycles. The summed E-state index contributed by atoms with van der Waals surface area (Å²) >= 11 is 0. The van der Waals surface area contributed by atoms with Gasteiger partial charge in [-0.25, -0.2) is 8.78 Å². The zero-order valence-corrected chi connectivity index (χ0v) is 10.7. The molecule has 0 bridgehead atoms. The Bertz CT molecular complexity index is 613. The van der Waals surface area contributed by atoms with Crippen molar-refractivity contribution in [3.8, 4) is 0 Å². The van der Waals surface area contributed by atoms with Crippen molar-refractivity contribution in [2.75, 3.05) is 17.2 Å². The summed E-state index contributed by atoms with van der Waals surface area (Å²) in [7, 11) is 0. The van der Waals surface area contributed by atoms with Crippen LogP contribution >= 0.6 is 0 Å². The van der Waals surface area contributed by atoms with Crippen molar-refractivity contribution in [2.24, 2.45) is 0 Å². The zero-order valence-electron chi connectivity index (χ0n) is 10.7. The molecule has 2 N–H and O–H groups in total. The molecule has 0 atom stereocenters. The lowest BCUT2D eigenvalue weighted by atomic mass is 10.3. The summed E-state index contributed by atoms with van der Waals surface area (Å²) in [6, 6.07) is 5.06. The Labute approximate surface area is 114 Å². The second-order valence-electron chi connectivity index (χ2n) is 4.18. The lowest BCUT2D eigenvalue weighted by Gasteiger charge is -2.06. The van der Waals surface area contributed by atoms with Crippen LogP contribution in [0.4, 0.5) is 20.3 Å². The molecule has 1 aromatic carbocycles. The van der Waals surface area contributed by atoms with Gasteiger partial charge in [0.25, 0.3) is 0 Å². The maximum absolute atomic E-state index is 12.9. The fraction of sp³-hybridized carbons (Fsp3) is 0.231. The van der Waals surface area contributed by atoms with E-state index in [1.54, 1.807) is 13.0 Å². The van der Waals surface area contributed by atoms with Gasteiger partial charge in [-0.3, -0.25) is 4.79 Å². The van der Waals surface area contributed by atoms with Gasteiger partial charge < -0.3 is 15.2 Å². The molecule has 0 aliphatic rings. The van der Waals surface area contributed by atoms with Crippen molar-refractivity contribution in [2.45, 2.75) is 13.3 Å². The van der Waals surface area contributed by atoms with Gasteiger partial charge in [-0.2, -0.15) is 0 Å². The molecule has 5 nitrogen and oxygen atoms in total. The van der Waals surface area contributed by atoms with Gasteiger partial charge >= 0.3 is 0 Å². The normalized spacial score (nSPS) is 10.3. The molecule has 0 radical (unpaired) electrons. The van der Waals surface area contributed by atoms with Crippen LogP contribution in [0.3, 0.4) is 0 Å². The van der Waals surface area contributed by atoms with Gasteiger partial charge in [0, 0.05) is 24.7 Å². The van der Waals surface area contributed by atoms with Crippen LogP contribution in [-0.4, -0.2) is 17.6 Å². The Morgan fingerprint density at radius 2 is 2.10 bits per heavy atom. The molecule has 0 fully saturated rings. The van der Waals surface area contributed by atoms with Crippen LogP contribution in [0.25, 0.3) is 0 Å². The molecule has 0 saturated carbocycles. The number of hydrogen-bond donors (Lipinski definition) is 2. The van der Waals surface area contributed by atoms with Crippen molar-refractivity contribution in [3.05, 3.63) is 41.7 Å². The first kappa shape index (κ1) is 14.0. The van der Waals surface area contributed by atoms with Gasteiger partial charge in [-0.1, -0.05) is 5.16 Å². The first-order valence-corrected chi connectivity index (χ1v) is 5.96. The standard InChI is InChI=1S/C13H13F2N3O2/c1-8-6-12(18-20-8)17-13(19)4-5-16-9-2-3-10(14)11(15)7-9/h2-3,6-7,16H,4-5H2,1H3,(H,17,18,19). The van der Waals surface area contributed by atoms with Crippen LogP contribution in [0.5, 0.6) is 0 Å². The average Bonchev–Trinajstić information content (AvgIpc) is 2.79. The topological polar surface area (TPSA) is 67.2 Å². The highest BCUT2D eigenvalue weighted by atomic mass is 19.2. The lowest BCUT2D eigenvalue weighted by Crippen LogP contribution is -2.16. The quantitative estimate of drug-likeness (QED) is 0.884. The second kappa shape index (κ2) is 6.14. The number of aromatic nitrogens is 1. The highest BCUT2D eigenvalue weighted by Gasteiger charge is 2.06. The summed E-state index contributed by atoms with van der Waals surface area (Å²) in [6.07, 6.45) is 0.158. The molecular formula is C13H13F2N3O2. The van der Waals surface area contributed by atoms with Crippen molar-refractivity contribution in [3.63, 3.8) is 0 Å². The fourth-order valence-corrected chi connectivity index (χ4v) is 1.56. The summed E-state index contributed by atoms with van der Waals surface area (Å²) in [6.45, 7) is 2.00. The third-order valence-corrected chi connectivity index (χ3v) is 2.50. The van der Waals surface area contributed by atoms with E-state index in [1.807, 2.05) is 0 Å². The van der Waals surface area contributed by atoms with E-state index in [2.05, 4.69) is 15.8 Å². The number of hydrogen-bond acceptors (Lipinski definition) is 4. The summed E-state index contributed by atoms with van der Waals surface area (Å²) in [5.41, 5.74) is 0.411. The summed E-state index contributed by atoms with van der Waals surface area (Å²) < 4.78 is 30.5. The molecule has 0 aliphatic carbocycles. The summed E-state index contributed by atoms with van der Waals surface area (Å²) in [4.78, 5) is 11.6. The smallest absolute Gasteiger partial charge is 0.227 e. The van der Waals surface area contributed by atoms with Gasteiger partial charge in [-0.05, 0) is 25.1 Å². The number of nitrogens with one attached hydrogen (secondary N) is 2. The lowest BCUT2D eigenvalue weighted by molar-refractivity contribution is -0.116. The average molecular weight is 281 g/mol. The first-order chi connectivity index (χ1) is 9.54. The van der Waals surface area contributed by atoms with Gasteiger partial charge in [-0.15, -0.1) is 0 Å². The molecule has 1 amide bonds. The minimum absolute atomic E-state index is 0.158. The van der Waals surface area contributed by atoms with Crippen molar-refractivity contribution in [1.82, 2.24) is 5.16 Å². The number of halogens is 2. The van der Waals surface area contributed by atoms with Crippen molar-refractivity contribution >= 4 is 17.4 Å². The van der Waals surface area contributed by atoms with E-state index >= 15 is 0 Å². The summed E-state index contributed by atoms with van der Waals surface area (Å²) in [5, 5.41) is 9.00. The number of nitrogens with zero attached hydrogens (tertiary/aromatic N) is 1. The van der Waals surface area contributed by atoms with Crippen LogP contribution in [-0.2, 0) is 4.79 Å². The molecule has 0 unspecified atom stereocenters. The zero-order chi connectivity index (χ0) is 14.5. The highest BCUT2D eigenvalue weighted by molar-refractivity contribution is 5.89.